The maximum atomic E-state index is 5.70. The van der Waals surface area contributed by atoms with Crippen molar-refractivity contribution in [1.82, 2.24) is 0 Å². The molecule has 2 aliphatic rings. The van der Waals surface area contributed by atoms with Gasteiger partial charge in [-0.3, -0.25) is 0 Å². The van der Waals surface area contributed by atoms with Gasteiger partial charge in [-0.05, 0) is 13.8 Å². The second kappa shape index (κ2) is 2.83. The van der Waals surface area contributed by atoms with Crippen LogP contribution in [0.3, 0.4) is 0 Å². The third kappa shape index (κ3) is 1.69. The lowest BCUT2D eigenvalue weighted by atomic mass is 10.3. The van der Waals surface area contributed by atoms with Crippen LogP contribution < -0.4 is 0 Å². The summed E-state index contributed by atoms with van der Waals surface area (Å²) in [5.74, 6) is 1.79. The molecule has 0 aromatic heterocycles. The summed E-state index contributed by atoms with van der Waals surface area (Å²) in [7, 11) is 3.77. The molecule has 0 spiro atoms. The predicted molar refractivity (Wildman–Crippen MR) is 48.7 cm³/mol. The summed E-state index contributed by atoms with van der Waals surface area (Å²) in [6.07, 6.45) is 0.660. The van der Waals surface area contributed by atoms with Gasteiger partial charge in [-0.25, -0.2) is 0 Å². The van der Waals surface area contributed by atoms with Crippen molar-refractivity contribution in [3.05, 3.63) is 0 Å². The molecule has 0 saturated carbocycles. The number of hydrogen-bond acceptors (Lipinski definition) is 4. The molecule has 4 heteroatoms. The molecule has 0 bridgehead atoms. The molecule has 0 N–H and O–H groups in total. The minimum Gasteiger partial charge on any atom is -0.344 e. The first-order chi connectivity index (χ1) is 5.17. The van der Waals surface area contributed by atoms with Gasteiger partial charge in [0.15, 0.2) is 5.79 Å². The summed E-state index contributed by atoms with van der Waals surface area (Å²) < 4.78 is 11.4. The third-order valence-corrected chi connectivity index (χ3v) is 4.25. The van der Waals surface area contributed by atoms with Crippen molar-refractivity contribution in [3.63, 3.8) is 0 Å². The van der Waals surface area contributed by atoms with Crippen LogP contribution >= 0.6 is 21.6 Å². The third-order valence-electron chi connectivity index (χ3n) is 1.83. The summed E-state index contributed by atoms with van der Waals surface area (Å²) in [5, 5.41) is 0. The van der Waals surface area contributed by atoms with Crippen LogP contribution in [0, 0.1) is 0 Å². The number of ether oxygens (including phenoxy) is 2. The van der Waals surface area contributed by atoms with Crippen LogP contribution in [0.2, 0.25) is 0 Å². The average Bonchev–Trinajstić information content (AvgIpc) is 2.21. The van der Waals surface area contributed by atoms with Crippen molar-refractivity contribution in [2.24, 2.45) is 0 Å². The first-order valence-electron chi connectivity index (χ1n) is 3.77. The molecule has 2 fully saturated rings. The Morgan fingerprint density at radius 2 is 1.55 bits per heavy atom. The van der Waals surface area contributed by atoms with E-state index in [2.05, 4.69) is 0 Å². The van der Waals surface area contributed by atoms with Gasteiger partial charge >= 0.3 is 0 Å². The van der Waals surface area contributed by atoms with E-state index < -0.39 is 0 Å². The maximum Gasteiger partial charge on any atom is 0.163 e. The molecule has 11 heavy (non-hydrogen) atoms. The highest BCUT2D eigenvalue weighted by atomic mass is 33.1. The molecule has 2 aliphatic heterocycles. The second-order valence-corrected chi connectivity index (χ2v) is 5.83. The topological polar surface area (TPSA) is 18.5 Å². The Hall–Kier alpha value is 0.620. The molecule has 0 aromatic rings. The molecule has 2 atom stereocenters. The second-order valence-electron chi connectivity index (χ2n) is 3.28. The molecule has 0 aromatic carbocycles. The van der Waals surface area contributed by atoms with E-state index in [4.69, 9.17) is 9.47 Å². The van der Waals surface area contributed by atoms with Crippen LogP contribution in [0.1, 0.15) is 13.8 Å². The summed E-state index contributed by atoms with van der Waals surface area (Å²) in [6.45, 7) is 3.97. The molecule has 0 unspecified atom stereocenters. The zero-order valence-corrected chi connectivity index (χ0v) is 8.33. The smallest absolute Gasteiger partial charge is 0.163 e. The molecule has 64 valence electrons. The molecular weight excluding hydrogens is 180 g/mol. The maximum absolute atomic E-state index is 5.70. The van der Waals surface area contributed by atoms with Gasteiger partial charge in [0.25, 0.3) is 0 Å². The van der Waals surface area contributed by atoms with Crippen LogP contribution in [-0.2, 0) is 9.47 Å². The molecule has 2 nitrogen and oxygen atoms in total. The van der Waals surface area contributed by atoms with Gasteiger partial charge in [0.1, 0.15) is 0 Å². The number of rotatable bonds is 0. The zero-order valence-electron chi connectivity index (χ0n) is 6.70. The lowest BCUT2D eigenvalue weighted by Crippen LogP contribution is -2.29. The molecule has 0 aliphatic carbocycles. The fraction of sp³-hybridized carbons (Fsp3) is 1.00. The Labute approximate surface area is 74.8 Å². The minimum atomic E-state index is -0.346. The first-order valence-corrected chi connectivity index (χ1v) is 6.26. The van der Waals surface area contributed by atoms with Crippen molar-refractivity contribution in [2.75, 3.05) is 11.5 Å². The van der Waals surface area contributed by atoms with E-state index in [1.807, 2.05) is 35.4 Å². The normalized spacial score (nSPS) is 42.0. The fourth-order valence-corrected chi connectivity index (χ4v) is 3.83. The Bertz CT molecular complexity index is 145. The van der Waals surface area contributed by atoms with Crippen LogP contribution in [0.15, 0.2) is 0 Å². The van der Waals surface area contributed by atoms with Gasteiger partial charge in [-0.1, -0.05) is 21.6 Å². The molecule has 0 radical (unpaired) electrons. The van der Waals surface area contributed by atoms with Gasteiger partial charge < -0.3 is 9.47 Å². The number of hydrogen-bond donors (Lipinski definition) is 0. The van der Waals surface area contributed by atoms with Crippen molar-refractivity contribution in [2.45, 2.75) is 31.8 Å². The Morgan fingerprint density at radius 3 is 2.00 bits per heavy atom. The minimum absolute atomic E-state index is 0.330. The van der Waals surface area contributed by atoms with E-state index >= 15 is 0 Å². The van der Waals surface area contributed by atoms with Gasteiger partial charge in [0.2, 0.25) is 0 Å². The van der Waals surface area contributed by atoms with Crippen LogP contribution in [0.4, 0.5) is 0 Å². The summed E-state index contributed by atoms with van der Waals surface area (Å²) >= 11 is 0. The van der Waals surface area contributed by atoms with Crippen molar-refractivity contribution >= 4 is 21.6 Å². The van der Waals surface area contributed by atoms with Crippen LogP contribution in [0.25, 0.3) is 0 Å². The lowest BCUT2D eigenvalue weighted by molar-refractivity contribution is -0.142. The van der Waals surface area contributed by atoms with Gasteiger partial charge in [-0.15, -0.1) is 0 Å². The predicted octanol–water partition coefficient (Wildman–Crippen LogP) is 1.90. The van der Waals surface area contributed by atoms with Crippen LogP contribution in [-0.4, -0.2) is 29.5 Å². The highest BCUT2D eigenvalue weighted by Gasteiger charge is 2.42. The quantitative estimate of drug-likeness (QED) is 0.545. The molecule has 0 amide bonds. The summed E-state index contributed by atoms with van der Waals surface area (Å²) in [6, 6.07) is 0. The zero-order chi connectivity index (χ0) is 7.90. The highest BCUT2D eigenvalue weighted by Crippen LogP contribution is 2.39. The Balaban J connectivity index is 2.03. The summed E-state index contributed by atoms with van der Waals surface area (Å²) in [5.41, 5.74) is 0. The van der Waals surface area contributed by atoms with Gasteiger partial charge in [0.05, 0.1) is 12.2 Å². The lowest BCUT2D eigenvalue weighted by Gasteiger charge is -2.20. The van der Waals surface area contributed by atoms with E-state index in [1.54, 1.807) is 0 Å². The Kier molecular flexibility index (Phi) is 2.12. The monoisotopic (exact) mass is 192 g/mol. The SMILES string of the molecule is CC1(C)O[C@H]2CSSC[C@H]2O1. The van der Waals surface area contributed by atoms with Crippen molar-refractivity contribution in [1.29, 1.82) is 0 Å². The van der Waals surface area contributed by atoms with E-state index in [0.717, 1.165) is 11.5 Å². The first kappa shape index (κ1) is 8.23. The molecule has 2 heterocycles. The average molecular weight is 192 g/mol. The molecular formula is C7H12O2S2. The highest BCUT2D eigenvalue weighted by molar-refractivity contribution is 8.76. The van der Waals surface area contributed by atoms with Gasteiger partial charge in [-0.2, -0.15) is 0 Å². The standard InChI is InChI=1S/C7H12O2S2/c1-7(2)8-5-3-10-11-4-6(5)9-7/h5-6H,3-4H2,1-2H3/t5-,6+. The van der Waals surface area contributed by atoms with E-state index in [0.29, 0.717) is 12.2 Å². The van der Waals surface area contributed by atoms with Crippen LogP contribution in [0.5, 0.6) is 0 Å². The van der Waals surface area contributed by atoms with E-state index in [1.165, 1.54) is 0 Å². The van der Waals surface area contributed by atoms with Crippen molar-refractivity contribution < 1.29 is 9.47 Å². The van der Waals surface area contributed by atoms with Gasteiger partial charge in [0, 0.05) is 11.5 Å². The largest absolute Gasteiger partial charge is 0.344 e. The molecule has 2 rings (SSSR count). The molecule has 2 saturated heterocycles. The van der Waals surface area contributed by atoms with Crippen molar-refractivity contribution in [3.8, 4) is 0 Å². The fourth-order valence-electron chi connectivity index (χ4n) is 1.42. The Morgan fingerprint density at radius 1 is 1.09 bits per heavy atom. The van der Waals surface area contributed by atoms with E-state index in [9.17, 15) is 0 Å². The van der Waals surface area contributed by atoms with E-state index in [-0.39, 0.29) is 5.79 Å². The summed E-state index contributed by atoms with van der Waals surface area (Å²) in [4.78, 5) is 0. The number of fused-ring (bicyclic) bond motifs is 1.